The van der Waals surface area contributed by atoms with Crippen LogP contribution in [0.25, 0.3) is 0 Å². The molecule has 2 amide bonds. The molecular weight excluding hydrogens is 529 g/mol. The number of halogens is 1. The van der Waals surface area contributed by atoms with E-state index in [1.165, 1.54) is 11.0 Å². The molecule has 0 fully saturated rings. The molecule has 3 aromatic carbocycles. The van der Waals surface area contributed by atoms with Gasteiger partial charge in [-0.15, -0.1) is 0 Å². The lowest BCUT2D eigenvalue weighted by Gasteiger charge is -2.35. The number of rotatable bonds is 10. The highest BCUT2D eigenvalue weighted by Gasteiger charge is 2.35. The normalized spacial score (nSPS) is 12.5. The summed E-state index contributed by atoms with van der Waals surface area (Å²) in [6.07, 6.45) is 1.19. The summed E-state index contributed by atoms with van der Waals surface area (Å²) < 4.78 is 41.8. The quantitative estimate of drug-likeness (QED) is 0.383. The van der Waals surface area contributed by atoms with Crippen LogP contribution in [0.3, 0.4) is 0 Å². The molecule has 9 heteroatoms. The predicted molar refractivity (Wildman–Crippen MR) is 157 cm³/mol. The fraction of sp³-hybridized carbons (Fsp3) is 0.355. The molecule has 0 aliphatic carbocycles. The van der Waals surface area contributed by atoms with Crippen molar-refractivity contribution in [2.45, 2.75) is 59.2 Å². The molecule has 3 rings (SSSR count). The highest BCUT2D eigenvalue weighted by molar-refractivity contribution is 7.92. The molecule has 0 bridgehead atoms. The number of amides is 2. The van der Waals surface area contributed by atoms with Gasteiger partial charge in [0, 0.05) is 24.1 Å². The van der Waals surface area contributed by atoms with Crippen molar-refractivity contribution in [1.29, 1.82) is 0 Å². The lowest BCUT2D eigenvalue weighted by atomic mass is 10.0. The highest BCUT2D eigenvalue weighted by atomic mass is 32.2. The van der Waals surface area contributed by atoms with Gasteiger partial charge in [0.05, 0.1) is 11.9 Å². The topological polar surface area (TPSA) is 86.8 Å². The van der Waals surface area contributed by atoms with Crippen molar-refractivity contribution >= 4 is 27.5 Å². The van der Waals surface area contributed by atoms with Crippen molar-refractivity contribution in [2.24, 2.45) is 0 Å². The minimum atomic E-state index is -3.89. The Morgan fingerprint density at radius 2 is 1.57 bits per heavy atom. The maximum atomic E-state index is 14.8. The van der Waals surface area contributed by atoms with Crippen LogP contribution < -0.4 is 9.62 Å². The predicted octanol–water partition coefficient (Wildman–Crippen LogP) is 4.76. The van der Waals surface area contributed by atoms with Crippen LogP contribution in [0.2, 0.25) is 0 Å². The van der Waals surface area contributed by atoms with Crippen LogP contribution in [0.5, 0.6) is 0 Å². The van der Waals surface area contributed by atoms with Gasteiger partial charge in [-0.05, 0) is 57.9 Å². The summed E-state index contributed by atoms with van der Waals surface area (Å²) in [5.41, 5.74) is 2.42. The minimum Gasteiger partial charge on any atom is -0.350 e. The summed E-state index contributed by atoms with van der Waals surface area (Å²) in [7, 11) is -3.89. The molecule has 214 valence electrons. The second-order valence-corrected chi connectivity index (χ2v) is 13.0. The molecular formula is C31H38FN3O4S. The number of aryl methyl sites for hydroxylation is 2. The van der Waals surface area contributed by atoms with E-state index in [0.29, 0.717) is 11.3 Å². The summed E-state index contributed by atoms with van der Waals surface area (Å²) in [6.45, 7) is 8.40. The number of carbonyl (C=O) groups excluding carboxylic acids is 2. The molecule has 0 aliphatic rings. The first-order valence-electron chi connectivity index (χ1n) is 13.1. The maximum Gasteiger partial charge on any atom is 0.244 e. The number of sulfonamides is 1. The van der Waals surface area contributed by atoms with E-state index >= 15 is 0 Å². The van der Waals surface area contributed by atoms with Gasteiger partial charge in [-0.25, -0.2) is 12.8 Å². The molecule has 0 spiro atoms. The van der Waals surface area contributed by atoms with Gasteiger partial charge in [-0.2, -0.15) is 0 Å². The monoisotopic (exact) mass is 567 g/mol. The van der Waals surface area contributed by atoms with Crippen LogP contribution in [0, 0.1) is 19.7 Å². The first kappa shape index (κ1) is 30.8. The van der Waals surface area contributed by atoms with Crippen LogP contribution in [0.4, 0.5) is 10.1 Å². The van der Waals surface area contributed by atoms with Gasteiger partial charge >= 0.3 is 0 Å². The minimum absolute atomic E-state index is 0.158. The van der Waals surface area contributed by atoms with Gasteiger partial charge in [-0.3, -0.25) is 13.9 Å². The lowest BCUT2D eigenvalue weighted by molar-refractivity contribution is -0.140. The van der Waals surface area contributed by atoms with Gasteiger partial charge in [-0.1, -0.05) is 66.2 Å². The number of hydrogen-bond donors (Lipinski definition) is 1. The van der Waals surface area contributed by atoms with Crippen molar-refractivity contribution < 1.29 is 22.4 Å². The summed E-state index contributed by atoms with van der Waals surface area (Å²) in [4.78, 5) is 29.1. The number of benzene rings is 3. The second kappa shape index (κ2) is 12.6. The zero-order valence-corrected chi connectivity index (χ0v) is 24.8. The number of nitrogens with one attached hydrogen (secondary N) is 1. The van der Waals surface area contributed by atoms with Crippen LogP contribution in [-0.4, -0.2) is 49.5 Å². The third-order valence-electron chi connectivity index (χ3n) is 6.37. The summed E-state index contributed by atoms with van der Waals surface area (Å²) in [5.74, 6) is -1.57. The van der Waals surface area contributed by atoms with E-state index in [9.17, 15) is 22.4 Å². The molecule has 7 nitrogen and oxygen atoms in total. The molecule has 3 aromatic rings. The molecule has 40 heavy (non-hydrogen) atoms. The molecule has 1 unspecified atom stereocenters. The molecule has 0 aromatic heterocycles. The first-order valence-corrected chi connectivity index (χ1v) is 14.9. The summed E-state index contributed by atoms with van der Waals surface area (Å²) in [5, 5.41) is 2.95. The average Bonchev–Trinajstić information content (AvgIpc) is 2.85. The number of nitrogens with zero attached hydrogens (tertiary/aromatic N) is 2. The third kappa shape index (κ3) is 8.39. The van der Waals surface area contributed by atoms with E-state index in [-0.39, 0.29) is 18.5 Å². The number of anilines is 1. The van der Waals surface area contributed by atoms with E-state index in [4.69, 9.17) is 0 Å². The largest absolute Gasteiger partial charge is 0.350 e. The summed E-state index contributed by atoms with van der Waals surface area (Å²) >= 11 is 0. The van der Waals surface area contributed by atoms with Gasteiger partial charge < -0.3 is 10.2 Å². The standard InChI is InChI=1S/C31H38FN3O4S/c1-22-16-17-27(23(2)18-22)35(40(6,38)39)21-29(36)34(20-25-14-10-11-15-26(25)32)28(30(37)33-31(3,4)5)19-24-12-8-7-9-13-24/h7-18,28H,19-21H2,1-6H3,(H,33,37). The fourth-order valence-corrected chi connectivity index (χ4v) is 5.40. The van der Waals surface area contributed by atoms with Crippen LogP contribution in [0.1, 0.15) is 43.0 Å². The van der Waals surface area contributed by atoms with Gasteiger partial charge in [0.1, 0.15) is 18.4 Å². The van der Waals surface area contributed by atoms with Crippen molar-refractivity contribution in [2.75, 3.05) is 17.1 Å². The Hall–Kier alpha value is -3.72. The Morgan fingerprint density at radius 3 is 2.15 bits per heavy atom. The van der Waals surface area contributed by atoms with Gasteiger partial charge in [0.15, 0.2) is 0 Å². The van der Waals surface area contributed by atoms with Crippen LogP contribution >= 0.6 is 0 Å². The molecule has 0 radical (unpaired) electrons. The van der Waals surface area contributed by atoms with Gasteiger partial charge in [0.25, 0.3) is 0 Å². The van der Waals surface area contributed by atoms with Crippen molar-refractivity contribution in [1.82, 2.24) is 10.2 Å². The molecule has 1 N–H and O–H groups in total. The Balaban J connectivity index is 2.10. The first-order chi connectivity index (χ1) is 18.7. The zero-order chi connectivity index (χ0) is 29.7. The molecule has 0 heterocycles. The Labute approximate surface area is 237 Å². The van der Waals surface area contributed by atoms with E-state index in [0.717, 1.165) is 21.7 Å². The van der Waals surface area contributed by atoms with E-state index in [1.54, 1.807) is 37.3 Å². The zero-order valence-electron chi connectivity index (χ0n) is 23.9. The Morgan fingerprint density at radius 1 is 0.950 bits per heavy atom. The van der Waals surface area contributed by atoms with Crippen molar-refractivity contribution in [3.63, 3.8) is 0 Å². The lowest BCUT2D eigenvalue weighted by Crippen LogP contribution is -2.56. The second-order valence-electron chi connectivity index (χ2n) is 11.1. The highest BCUT2D eigenvalue weighted by Crippen LogP contribution is 2.25. The molecule has 1 atom stereocenters. The SMILES string of the molecule is Cc1ccc(N(CC(=O)N(Cc2ccccc2F)C(Cc2ccccc2)C(=O)NC(C)(C)C)S(C)(=O)=O)c(C)c1. The Kier molecular flexibility index (Phi) is 9.73. The third-order valence-corrected chi connectivity index (χ3v) is 7.49. The summed E-state index contributed by atoms with van der Waals surface area (Å²) in [6, 6.07) is 19.5. The van der Waals surface area contributed by atoms with Crippen molar-refractivity contribution in [3.05, 3.63) is 101 Å². The fourth-order valence-electron chi connectivity index (χ4n) is 4.50. The van der Waals surface area contributed by atoms with E-state index < -0.39 is 45.8 Å². The average molecular weight is 568 g/mol. The van der Waals surface area contributed by atoms with E-state index in [1.807, 2.05) is 64.1 Å². The molecule has 0 aliphatic heterocycles. The van der Waals surface area contributed by atoms with Crippen molar-refractivity contribution in [3.8, 4) is 0 Å². The molecule has 0 saturated carbocycles. The molecule has 0 saturated heterocycles. The number of carbonyl (C=O) groups is 2. The number of hydrogen-bond acceptors (Lipinski definition) is 4. The maximum absolute atomic E-state index is 14.8. The van der Waals surface area contributed by atoms with Crippen LogP contribution in [0.15, 0.2) is 72.8 Å². The van der Waals surface area contributed by atoms with Gasteiger partial charge in [0.2, 0.25) is 21.8 Å². The van der Waals surface area contributed by atoms with E-state index in [2.05, 4.69) is 5.32 Å². The van der Waals surface area contributed by atoms with Crippen LogP contribution in [-0.2, 0) is 32.6 Å². The smallest absolute Gasteiger partial charge is 0.244 e. The Bertz CT molecular complexity index is 1450.